The summed E-state index contributed by atoms with van der Waals surface area (Å²) in [5.74, 6) is 0. The molecular formula is C9H6BrMgN. The second kappa shape index (κ2) is 5.51. The zero-order valence-corrected chi connectivity index (χ0v) is 9.50. The minimum atomic E-state index is 0. The maximum atomic E-state index is 3.99. The van der Waals surface area contributed by atoms with Gasteiger partial charge in [0.2, 0.25) is 0 Å². The van der Waals surface area contributed by atoms with Gasteiger partial charge in [0.1, 0.15) is 0 Å². The Bertz CT molecular complexity index is 286. The third-order valence-electron chi connectivity index (χ3n) is 1.46. The molecular weight excluding hydrogens is 226 g/mol. The maximum absolute atomic E-state index is 3.99. The Morgan fingerprint density at radius 3 is 2.83 bits per heavy atom. The van der Waals surface area contributed by atoms with E-state index in [0.717, 1.165) is 10.8 Å². The Balaban J connectivity index is 0.000000605. The minimum absolute atomic E-state index is 0. The van der Waals surface area contributed by atoms with Crippen molar-refractivity contribution in [3.63, 3.8) is 0 Å². The molecule has 0 saturated carbocycles. The molecule has 2 aromatic rings. The fourth-order valence-corrected chi connectivity index (χ4v) is 0.961. The second-order valence-electron chi connectivity index (χ2n) is 2.13. The van der Waals surface area contributed by atoms with Crippen LogP contribution in [0, 0.1) is 6.07 Å². The summed E-state index contributed by atoms with van der Waals surface area (Å²) >= 11 is 0. The van der Waals surface area contributed by atoms with Gasteiger partial charge in [-0.05, 0) is 12.4 Å². The molecule has 1 heterocycles. The Hall–Kier alpha value is -0.124. The van der Waals surface area contributed by atoms with Gasteiger partial charge >= 0.3 is 23.1 Å². The van der Waals surface area contributed by atoms with Gasteiger partial charge in [0.25, 0.3) is 0 Å². The normalized spacial score (nSPS) is 8.33. The number of pyridine rings is 1. The fourth-order valence-electron chi connectivity index (χ4n) is 0.961. The van der Waals surface area contributed by atoms with Crippen LogP contribution in [-0.2, 0) is 0 Å². The van der Waals surface area contributed by atoms with E-state index in [4.69, 9.17) is 0 Å². The van der Waals surface area contributed by atoms with E-state index in [2.05, 4.69) is 11.1 Å². The van der Waals surface area contributed by atoms with E-state index < -0.39 is 0 Å². The van der Waals surface area contributed by atoms with Crippen LogP contribution >= 0.6 is 0 Å². The smallest absolute Gasteiger partial charge is 1.00 e. The van der Waals surface area contributed by atoms with Gasteiger partial charge in [-0.15, -0.1) is 35.7 Å². The summed E-state index contributed by atoms with van der Waals surface area (Å²) in [5, 5.41) is 2.27. The van der Waals surface area contributed by atoms with Gasteiger partial charge in [-0.1, -0.05) is 5.39 Å². The number of rotatable bonds is 0. The molecule has 0 radical (unpaired) electrons. The van der Waals surface area contributed by atoms with Gasteiger partial charge in [-0.25, -0.2) is 0 Å². The van der Waals surface area contributed by atoms with Gasteiger partial charge in [0.05, 0.1) is 0 Å². The molecule has 1 aromatic carbocycles. The first-order valence-electron chi connectivity index (χ1n) is 3.17. The Morgan fingerprint density at radius 1 is 1.25 bits per heavy atom. The Labute approximate surface area is 98.1 Å². The van der Waals surface area contributed by atoms with E-state index in [-0.39, 0.29) is 40.0 Å². The number of halogens is 1. The first kappa shape index (κ1) is 11.9. The van der Waals surface area contributed by atoms with Crippen LogP contribution in [0.3, 0.4) is 0 Å². The van der Waals surface area contributed by atoms with Crippen LogP contribution in [0.5, 0.6) is 0 Å². The van der Waals surface area contributed by atoms with E-state index in [1.165, 1.54) is 0 Å². The first-order valence-corrected chi connectivity index (χ1v) is 3.17. The molecule has 1 aromatic heterocycles. The molecule has 0 aliphatic heterocycles. The summed E-state index contributed by atoms with van der Waals surface area (Å²) in [4.78, 5) is 3.99. The van der Waals surface area contributed by atoms with Crippen molar-refractivity contribution >= 4 is 33.8 Å². The molecule has 0 unspecified atom stereocenters. The summed E-state index contributed by atoms with van der Waals surface area (Å²) in [6.07, 6.45) is 3.62. The van der Waals surface area contributed by atoms with Crippen LogP contribution in [-0.4, -0.2) is 28.0 Å². The third-order valence-corrected chi connectivity index (χ3v) is 1.46. The summed E-state index contributed by atoms with van der Waals surface area (Å²) < 4.78 is 0. The molecule has 0 saturated heterocycles. The molecule has 0 fully saturated rings. The molecule has 1 nitrogen and oxygen atoms in total. The molecule has 0 atom stereocenters. The maximum Gasteiger partial charge on any atom is 2.00 e. The SMILES string of the molecule is [Br-].[Mg+2].[c-]1cccc2cnccc12. The second-order valence-corrected chi connectivity index (χ2v) is 2.13. The zero-order chi connectivity index (χ0) is 6.81. The predicted molar refractivity (Wildman–Crippen MR) is 46.3 cm³/mol. The largest absolute Gasteiger partial charge is 2.00 e. The van der Waals surface area contributed by atoms with Crippen molar-refractivity contribution in [2.45, 2.75) is 0 Å². The first-order chi connectivity index (χ1) is 4.97. The topological polar surface area (TPSA) is 12.9 Å². The summed E-state index contributed by atoms with van der Waals surface area (Å²) in [6, 6.07) is 11.0. The number of nitrogens with zero attached hydrogens (tertiary/aromatic N) is 1. The summed E-state index contributed by atoms with van der Waals surface area (Å²) in [7, 11) is 0. The molecule has 12 heavy (non-hydrogen) atoms. The average Bonchev–Trinajstić information content (AvgIpc) is 2.05. The number of hydrogen-bond donors (Lipinski definition) is 0. The third kappa shape index (κ3) is 2.43. The van der Waals surface area contributed by atoms with Crippen molar-refractivity contribution < 1.29 is 17.0 Å². The average molecular weight is 232 g/mol. The number of fused-ring (bicyclic) bond motifs is 1. The fraction of sp³-hybridized carbons (Fsp3) is 0. The summed E-state index contributed by atoms with van der Waals surface area (Å²) in [6.45, 7) is 0. The molecule has 2 rings (SSSR count). The van der Waals surface area contributed by atoms with Crippen LogP contribution < -0.4 is 17.0 Å². The Morgan fingerprint density at radius 2 is 2.08 bits per heavy atom. The monoisotopic (exact) mass is 231 g/mol. The van der Waals surface area contributed by atoms with Crippen molar-refractivity contribution in [1.82, 2.24) is 4.98 Å². The van der Waals surface area contributed by atoms with E-state index in [1.807, 2.05) is 30.5 Å². The Kier molecular flexibility index (Phi) is 5.45. The standard InChI is InChI=1S/C9H6N.BrH.Mg/c1-2-4-9-7-10-6-5-8(9)3-1;;/h1-2,4-7H;1H;/q-1;;+2/p-1. The predicted octanol–water partition coefficient (Wildman–Crippen LogP) is -1.34. The van der Waals surface area contributed by atoms with E-state index >= 15 is 0 Å². The number of aromatic nitrogens is 1. The zero-order valence-electron chi connectivity index (χ0n) is 6.50. The molecule has 0 bridgehead atoms. The summed E-state index contributed by atoms with van der Waals surface area (Å²) in [5.41, 5.74) is 0. The van der Waals surface area contributed by atoms with Crippen LogP contribution in [0.2, 0.25) is 0 Å². The number of hydrogen-bond acceptors (Lipinski definition) is 1. The number of benzene rings is 1. The molecule has 3 heteroatoms. The molecule has 0 N–H and O–H groups in total. The molecule has 0 amide bonds. The van der Waals surface area contributed by atoms with Crippen molar-refractivity contribution in [3.05, 3.63) is 42.7 Å². The molecule has 56 valence electrons. The quantitative estimate of drug-likeness (QED) is 0.405. The van der Waals surface area contributed by atoms with Gasteiger partial charge < -0.3 is 17.0 Å². The van der Waals surface area contributed by atoms with Crippen LogP contribution in [0.1, 0.15) is 0 Å². The van der Waals surface area contributed by atoms with Crippen molar-refractivity contribution in [1.29, 1.82) is 0 Å². The minimum Gasteiger partial charge on any atom is -1.00 e. The van der Waals surface area contributed by atoms with Crippen molar-refractivity contribution in [2.24, 2.45) is 0 Å². The van der Waals surface area contributed by atoms with Crippen LogP contribution in [0.15, 0.2) is 36.7 Å². The van der Waals surface area contributed by atoms with Crippen LogP contribution in [0.4, 0.5) is 0 Å². The van der Waals surface area contributed by atoms with Crippen molar-refractivity contribution in [2.75, 3.05) is 0 Å². The van der Waals surface area contributed by atoms with Crippen LogP contribution in [0.25, 0.3) is 10.8 Å². The van der Waals surface area contributed by atoms with Gasteiger partial charge in [0, 0.05) is 0 Å². The molecule has 0 aliphatic rings. The molecule has 0 spiro atoms. The van der Waals surface area contributed by atoms with Gasteiger partial charge in [0.15, 0.2) is 0 Å². The van der Waals surface area contributed by atoms with E-state index in [9.17, 15) is 0 Å². The van der Waals surface area contributed by atoms with E-state index in [0.29, 0.717) is 0 Å². The van der Waals surface area contributed by atoms with E-state index in [1.54, 1.807) is 6.20 Å². The van der Waals surface area contributed by atoms with Gasteiger partial charge in [-0.2, -0.15) is 0 Å². The van der Waals surface area contributed by atoms with Gasteiger partial charge in [-0.3, -0.25) is 4.98 Å². The molecule has 0 aliphatic carbocycles. The van der Waals surface area contributed by atoms with Crippen molar-refractivity contribution in [3.8, 4) is 0 Å².